The van der Waals surface area contributed by atoms with Crippen molar-refractivity contribution in [1.82, 2.24) is 9.97 Å². The number of aromatic nitrogens is 2. The summed E-state index contributed by atoms with van der Waals surface area (Å²) in [6.45, 7) is 6.69. The van der Waals surface area contributed by atoms with Crippen LogP contribution in [0.1, 0.15) is 32.6 Å². The molecule has 2 saturated heterocycles. The number of rotatable bonds is 3. The summed E-state index contributed by atoms with van der Waals surface area (Å²) in [4.78, 5) is 14.6. The normalized spacial score (nSPS) is 21.3. The Labute approximate surface area is 144 Å². The molecule has 24 heavy (non-hydrogen) atoms. The molecule has 0 aliphatic carbocycles. The Balaban J connectivity index is 1.73. The molecule has 4 nitrogen and oxygen atoms in total. The molecule has 1 aromatic heterocycles. The van der Waals surface area contributed by atoms with Gasteiger partial charge < -0.3 is 9.80 Å². The van der Waals surface area contributed by atoms with Gasteiger partial charge in [0, 0.05) is 37.8 Å². The Morgan fingerprint density at radius 3 is 2.42 bits per heavy atom. The summed E-state index contributed by atoms with van der Waals surface area (Å²) in [5.41, 5.74) is 2.22. The highest BCUT2D eigenvalue weighted by Gasteiger charge is 2.22. The lowest BCUT2D eigenvalue weighted by Gasteiger charge is -2.31. The molecule has 0 amide bonds. The van der Waals surface area contributed by atoms with E-state index in [2.05, 4.69) is 53.1 Å². The SMILES string of the molecule is CC1CCCN(c2nc(-c3ccccc3)cc(N3CCCC3)n2)C1. The fourth-order valence-electron chi connectivity index (χ4n) is 3.80. The largest absolute Gasteiger partial charge is 0.356 e. The number of benzene rings is 1. The van der Waals surface area contributed by atoms with Crippen molar-refractivity contribution in [3.63, 3.8) is 0 Å². The molecular weight excluding hydrogens is 296 g/mol. The van der Waals surface area contributed by atoms with Gasteiger partial charge in [0.05, 0.1) is 5.69 Å². The number of hydrogen-bond acceptors (Lipinski definition) is 4. The summed E-state index contributed by atoms with van der Waals surface area (Å²) in [6.07, 6.45) is 5.08. The van der Waals surface area contributed by atoms with Gasteiger partial charge in [0.2, 0.25) is 5.95 Å². The lowest BCUT2D eigenvalue weighted by molar-refractivity contribution is 0.442. The molecule has 1 aromatic carbocycles. The van der Waals surface area contributed by atoms with Gasteiger partial charge in [0.1, 0.15) is 5.82 Å². The van der Waals surface area contributed by atoms with Crippen molar-refractivity contribution < 1.29 is 0 Å². The minimum atomic E-state index is 0.720. The zero-order valence-corrected chi connectivity index (χ0v) is 14.5. The van der Waals surface area contributed by atoms with Gasteiger partial charge >= 0.3 is 0 Å². The molecule has 2 aromatic rings. The molecule has 0 spiro atoms. The van der Waals surface area contributed by atoms with Crippen LogP contribution in [0.5, 0.6) is 0 Å². The summed E-state index contributed by atoms with van der Waals surface area (Å²) in [5.74, 6) is 2.72. The molecule has 4 rings (SSSR count). The second-order valence-electron chi connectivity index (χ2n) is 7.16. The van der Waals surface area contributed by atoms with Crippen LogP contribution in [-0.4, -0.2) is 36.1 Å². The maximum atomic E-state index is 4.94. The van der Waals surface area contributed by atoms with Gasteiger partial charge in [-0.05, 0) is 31.6 Å². The van der Waals surface area contributed by atoms with Crippen molar-refractivity contribution in [1.29, 1.82) is 0 Å². The zero-order valence-electron chi connectivity index (χ0n) is 14.5. The first-order valence-electron chi connectivity index (χ1n) is 9.24. The monoisotopic (exact) mass is 322 g/mol. The molecule has 0 N–H and O–H groups in total. The second-order valence-corrected chi connectivity index (χ2v) is 7.16. The standard InChI is InChI=1S/C20H26N4/c1-16-8-7-13-24(15-16)20-21-18(17-9-3-2-4-10-17)14-19(22-20)23-11-5-6-12-23/h2-4,9-10,14,16H,5-8,11-13,15H2,1H3. The van der Waals surface area contributed by atoms with Crippen molar-refractivity contribution in [2.45, 2.75) is 32.6 Å². The maximum Gasteiger partial charge on any atom is 0.227 e. The van der Waals surface area contributed by atoms with Crippen molar-refractivity contribution in [2.24, 2.45) is 5.92 Å². The summed E-state index contributed by atoms with van der Waals surface area (Å²) in [7, 11) is 0. The van der Waals surface area contributed by atoms with Crippen LogP contribution in [0.4, 0.5) is 11.8 Å². The average molecular weight is 322 g/mol. The van der Waals surface area contributed by atoms with Gasteiger partial charge in [-0.2, -0.15) is 4.98 Å². The Bertz CT molecular complexity index is 679. The van der Waals surface area contributed by atoms with E-state index in [1.165, 1.54) is 31.2 Å². The Kier molecular flexibility index (Phi) is 4.37. The summed E-state index contributed by atoms with van der Waals surface area (Å²) >= 11 is 0. The van der Waals surface area contributed by atoms with Crippen molar-refractivity contribution in [3.05, 3.63) is 36.4 Å². The van der Waals surface area contributed by atoms with E-state index in [0.717, 1.165) is 49.6 Å². The summed E-state index contributed by atoms with van der Waals surface area (Å²) in [6, 6.07) is 12.7. The highest BCUT2D eigenvalue weighted by Crippen LogP contribution is 2.28. The molecule has 3 heterocycles. The lowest BCUT2D eigenvalue weighted by Crippen LogP contribution is -2.36. The molecule has 126 valence electrons. The first-order valence-corrected chi connectivity index (χ1v) is 9.24. The zero-order chi connectivity index (χ0) is 16.4. The van der Waals surface area contributed by atoms with Gasteiger partial charge in [0.25, 0.3) is 0 Å². The molecule has 4 heteroatoms. The molecule has 2 aliphatic rings. The summed E-state index contributed by atoms with van der Waals surface area (Å²) in [5, 5.41) is 0. The van der Waals surface area contributed by atoms with E-state index in [0.29, 0.717) is 0 Å². The predicted molar refractivity (Wildman–Crippen MR) is 99.5 cm³/mol. The van der Waals surface area contributed by atoms with Crippen LogP contribution in [-0.2, 0) is 0 Å². The van der Waals surface area contributed by atoms with E-state index in [4.69, 9.17) is 9.97 Å². The molecule has 0 bridgehead atoms. The molecular formula is C20H26N4. The number of piperidine rings is 1. The van der Waals surface area contributed by atoms with E-state index in [1.54, 1.807) is 0 Å². The van der Waals surface area contributed by atoms with Crippen LogP contribution in [0.15, 0.2) is 36.4 Å². The minimum Gasteiger partial charge on any atom is -0.356 e. The van der Waals surface area contributed by atoms with Gasteiger partial charge in [-0.3, -0.25) is 0 Å². The topological polar surface area (TPSA) is 32.3 Å². The van der Waals surface area contributed by atoms with Crippen molar-refractivity contribution in [3.8, 4) is 11.3 Å². The van der Waals surface area contributed by atoms with Crippen molar-refractivity contribution >= 4 is 11.8 Å². The lowest BCUT2D eigenvalue weighted by atomic mass is 10.0. The molecule has 2 fully saturated rings. The van der Waals surface area contributed by atoms with E-state index in [9.17, 15) is 0 Å². The number of hydrogen-bond donors (Lipinski definition) is 0. The Hall–Kier alpha value is -2.10. The van der Waals surface area contributed by atoms with Crippen LogP contribution in [0.25, 0.3) is 11.3 Å². The smallest absolute Gasteiger partial charge is 0.227 e. The summed E-state index contributed by atoms with van der Waals surface area (Å²) < 4.78 is 0. The van der Waals surface area contributed by atoms with Crippen LogP contribution in [0.2, 0.25) is 0 Å². The Morgan fingerprint density at radius 2 is 1.67 bits per heavy atom. The third-order valence-corrected chi connectivity index (χ3v) is 5.14. The fraction of sp³-hybridized carbons (Fsp3) is 0.500. The number of nitrogens with zero attached hydrogens (tertiary/aromatic N) is 4. The van der Waals surface area contributed by atoms with E-state index >= 15 is 0 Å². The van der Waals surface area contributed by atoms with Crippen LogP contribution < -0.4 is 9.80 Å². The third kappa shape index (κ3) is 3.23. The highest BCUT2D eigenvalue weighted by molar-refractivity contribution is 5.65. The van der Waals surface area contributed by atoms with Gasteiger partial charge in [-0.25, -0.2) is 4.98 Å². The van der Waals surface area contributed by atoms with Crippen LogP contribution >= 0.6 is 0 Å². The first-order chi connectivity index (χ1) is 11.8. The van der Waals surface area contributed by atoms with Gasteiger partial charge in [-0.1, -0.05) is 37.3 Å². The van der Waals surface area contributed by atoms with E-state index < -0.39 is 0 Å². The third-order valence-electron chi connectivity index (χ3n) is 5.14. The van der Waals surface area contributed by atoms with Crippen molar-refractivity contribution in [2.75, 3.05) is 36.0 Å². The fourth-order valence-corrected chi connectivity index (χ4v) is 3.80. The molecule has 0 saturated carbocycles. The van der Waals surface area contributed by atoms with Gasteiger partial charge in [0.15, 0.2) is 0 Å². The predicted octanol–water partition coefficient (Wildman–Crippen LogP) is 3.98. The van der Waals surface area contributed by atoms with E-state index in [1.807, 2.05) is 0 Å². The quantitative estimate of drug-likeness (QED) is 0.855. The van der Waals surface area contributed by atoms with Gasteiger partial charge in [-0.15, -0.1) is 0 Å². The van der Waals surface area contributed by atoms with Crippen LogP contribution in [0.3, 0.4) is 0 Å². The second kappa shape index (κ2) is 6.80. The average Bonchev–Trinajstić information content (AvgIpc) is 3.17. The minimum absolute atomic E-state index is 0.720. The molecule has 1 unspecified atom stereocenters. The Morgan fingerprint density at radius 1 is 0.917 bits per heavy atom. The highest BCUT2D eigenvalue weighted by atomic mass is 15.3. The van der Waals surface area contributed by atoms with Crippen LogP contribution in [0, 0.1) is 5.92 Å². The molecule has 2 aliphatic heterocycles. The maximum absolute atomic E-state index is 4.94. The molecule has 1 atom stereocenters. The molecule has 0 radical (unpaired) electrons. The number of anilines is 2. The van der Waals surface area contributed by atoms with E-state index in [-0.39, 0.29) is 0 Å². The first kappa shape index (κ1) is 15.4.